The lowest BCUT2D eigenvalue weighted by Gasteiger charge is -2.34. The van der Waals surface area contributed by atoms with E-state index in [2.05, 4.69) is 0 Å². The van der Waals surface area contributed by atoms with E-state index < -0.39 is 0 Å². The van der Waals surface area contributed by atoms with Crippen LogP contribution in [0.25, 0.3) is 0 Å². The molecule has 3 heteroatoms. The number of ether oxygens (including phenoxy) is 1. The van der Waals surface area contributed by atoms with Crippen molar-refractivity contribution in [2.75, 3.05) is 13.1 Å². The fraction of sp³-hybridized carbons (Fsp3) is 0.727. The van der Waals surface area contributed by atoms with E-state index in [9.17, 15) is 4.79 Å². The van der Waals surface area contributed by atoms with Crippen LogP contribution >= 0.6 is 0 Å². The van der Waals surface area contributed by atoms with E-state index in [1.165, 1.54) is 0 Å². The minimum absolute atomic E-state index is 0.104. The first-order valence-electron chi connectivity index (χ1n) is 5.08. The van der Waals surface area contributed by atoms with Crippen molar-refractivity contribution >= 4 is 5.91 Å². The molecule has 0 aromatic heterocycles. The van der Waals surface area contributed by atoms with E-state index in [-0.39, 0.29) is 18.1 Å². The molecule has 1 rings (SSSR count). The van der Waals surface area contributed by atoms with Crippen LogP contribution in [-0.4, -0.2) is 36.1 Å². The van der Waals surface area contributed by atoms with Crippen LogP contribution in [0.5, 0.6) is 0 Å². The largest absolute Gasteiger partial charge is 0.372 e. The lowest BCUT2D eigenvalue weighted by molar-refractivity contribution is -0.138. The van der Waals surface area contributed by atoms with Gasteiger partial charge in [0.15, 0.2) is 0 Å². The van der Waals surface area contributed by atoms with Crippen LogP contribution in [0.2, 0.25) is 0 Å². The SMILES string of the molecule is CC(C)=CC(=O)N1C[C@@H](C)O[C@@H](C)C1. The molecule has 0 saturated carbocycles. The van der Waals surface area contributed by atoms with Gasteiger partial charge in [0, 0.05) is 19.2 Å². The number of allylic oxidation sites excluding steroid dienone is 1. The Kier molecular flexibility index (Phi) is 3.69. The summed E-state index contributed by atoms with van der Waals surface area (Å²) in [5, 5.41) is 0. The van der Waals surface area contributed by atoms with Gasteiger partial charge in [-0.1, -0.05) is 5.57 Å². The molecule has 1 amide bonds. The molecule has 1 fully saturated rings. The van der Waals surface area contributed by atoms with Crippen molar-refractivity contribution in [3.63, 3.8) is 0 Å². The summed E-state index contributed by atoms with van der Waals surface area (Å²) in [5.74, 6) is 0.104. The summed E-state index contributed by atoms with van der Waals surface area (Å²) < 4.78 is 5.56. The molecule has 0 bridgehead atoms. The van der Waals surface area contributed by atoms with Gasteiger partial charge in [0.2, 0.25) is 5.91 Å². The van der Waals surface area contributed by atoms with E-state index in [4.69, 9.17) is 4.74 Å². The first kappa shape index (κ1) is 11.2. The van der Waals surface area contributed by atoms with Crippen molar-refractivity contribution in [1.82, 2.24) is 4.90 Å². The quantitative estimate of drug-likeness (QED) is 0.597. The topological polar surface area (TPSA) is 29.5 Å². The molecule has 1 saturated heterocycles. The summed E-state index contributed by atoms with van der Waals surface area (Å²) in [7, 11) is 0. The highest BCUT2D eigenvalue weighted by atomic mass is 16.5. The monoisotopic (exact) mass is 197 g/mol. The van der Waals surface area contributed by atoms with Crippen molar-refractivity contribution in [2.24, 2.45) is 0 Å². The van der Waals surface area contributed by atoms with Crippen molar-refractivity contribution in [3.8, 4) is 0 Å². The summed E-state index contributed by atoms with van der Waals surface area (Å²) >= 11 is 0. The highest BCUT2D eigenvalue weighted by Crippen LogP contribution is 2.11. The van der Waals surface area contributed by atoms with Crippen molar-refractivity contribution in [3.05, 3.63) is 11.6 Å². The number of nitrogens with zero attached hydrogens (tertiary/aromatic N) is 1. The molecule has 0 aromatic rings. The molecule has 0 radical (unpaired) electrons. The Hall–Kier alpha value is -0.830. The molecule has 1 aliphatic rings. The zero-order valence-corrected chi connectivity index (χ0v) is 9.41. The Morgan fingerprint density at radius 3 is 2.21 bits per heavy atom. The second-order valence-electron chi connectivity index (χ2n) is 4.22. The Morgan fingerprint density at radius 1 is 1.29 bits per heavy atom. The van der Waals surface area contributed by atoms with E-state index >= 15 is 0 Å². The highest BCUT2D eigenvalue weighted by molar-refractivity contribution is 5.88. The Balaban J connectivity index is 2.59. The summed E-state index contributed by atoms with van der Waals surface area (Å²) in [6.07, 6.45) is 1.98. The predicted octanol–water partition coefficient (Wildman–Crippen LogP) is 1.59. The average molecular weight is 197 g/mol. The molecule has 80 valence electrons. The lowest BCUT2D eigenvalue weighted by Crippen LogP contribution is -2.47. The third-order valence-electron chi connectivity index (χ3n) is 2.14. The first-order valence-corrected chi connectivity index (χ1v) is 5.08. The van der Waals surface area contributed by atoms with Gasteiger partial charge in [-0.2, -0.15) is 0 Å². The number of hydrogen-bond donors (Lipinski definition) is 0. The summed E-state index contributed by atoms with van der Waals surface area (Å²) in [6, 6.07) is 0. The van der Waals surface area contributed by atoms with Gasteiger partial charge in [0.25, 0.3) is 0 Å². The fourth-order valence-electron chi connectivity index (χ4n) is 1.70. The molecule has 0 unspecified atom stereocenters. The highest BCUT2D eigenvalue weighted by Gasteiger charge is 2.24. The van der Waals surface area contributed by atoms with E-state index in [0.717, 1.165) is 5.57 Å². The maximum Gasteiger partial charge on any atom is 0.246 e. The van der Waals surface area contributed by atoms with Crippen molar-refractivity contribution in [2.45, 2.75) is 39.9 Å². The lowest BCUT2D eigenvalue weighted by atomic mass is 10.2. The number of carbonyl (C=O) groups is 1. The van der Waals surface area contributed by atoms with E-state index in [1.807, 2.05) is 32.6 Å². The molecule has 0 spiro atoms. The number of morpholine rings is 1. The van der Waals surface area contributed by atoms with Crippen LogP contribution in [-0.2, 0) is 9.53 Å². The van der Waals surface area contributed by atoms with Crippen molar-refractivity contribution < 1.29 is 9.53 Å². The van der Waals surface area contributed by atoms with Gasteiger partial charge in [0.1, 0.15) is 0 Å². The molecule has 14 heavy (non-hydrogen) atoms. The van der Waals surface area contributed by atoms with Crippen LogP contribution in [0, 0.1) is 0 Å². The predicted molar refractivity (Wildman–Crippen MR) is 56.0 cm³/mol. The van der Waals surface area contributed by atoms with Gasteiger partial charge >= 0.3 is 0 Å². The third-order valence-corrected chi connectivity index (χ3v) is 2.14. The van der Waals surface area contributed by atoms with E-state index in [1.54, 1.807) is 6.08 Å². The van der Waals surface area contributed by atoms with Gasteiger partial charge in [-0.3, -0.25) is 4.79 Å². The van der Waals surface area contributed by atoms with Gasteiger partial charge in [0.05, 0.1) is 12.2 Å². The number of carbonyl (C=O) groups excluding carboxylic acids is 1. The Labute approximate surface area is 85.7 Å². The van der Waals surface area contributed by atoms with Gasteiger partial charge in [-0.25, -0.2) is 0 Å². The standard InChI is InChI=1S/C11H19NO2/c1-8(2)5-11(13)12-6-9(3)14-10(4)7-12/h5,9-10H,6-7H2,1-4H3/t9-,10+. The Morgan fingerprint density at radius 2 is 1.79 bits per heavy atom. The second-order valence-corrected chi connectivity index (χ2v) is 4.22. The summed E-state index contributed by atoms with van der Waals surface area (Å²) in [6.45, 7) is 9.27. The molecule has 0 N–H and O–H groups in total. The molecular weight excluding hydrogens is 178 g/mol. The van der Waals surface area contributed by atoms with Crippen LogP contribution in [0.3, 0.4) is 0 Å². The molecule has 1 aliphatic heterocycles. The fourth-order valence-corrected chi connectivity index (χ4v) is 1.70. The van der Waals surface area contributed by atoms with Crippen molar-refractivity contribution in [1.29, 1.82) is 0 Å². The normalized spacial score (nSPS) is 27.3. The van der Waals surface area contributed by atoms with E-state index in [0.29, 0.717) is 13.1 Å². The summed E-state index contributed by atoms with van der Waals surface area (Å²) in [5.41, 5.74) is 1.04. The van der Waals surface area contributed by atoms with Crippen LogP contribution in [0.15, 0.2) is 11.6 Å². The molecule has 2 atom stereocenters. The van der Waals surface area contributed by atoms with Gasteiger partial charge in [-0.05, 0) is 27.7 Å². The third kappa shape index (κ3) is 3.14. The van der Waals surface area contributed by atoms with Crippen LogP contribution < -0.4 is 0 Å². The minimum atomic E-state index is 0.104. The first-order chi connectivity index (χ1) is 6.49. The zero-order chi connectivity index (χ0) is 10.7. The molecule has 0 aliphatic carbocycles. The van der Waals surface area contributed by atoms with Crippen LogP contribution in [0.4, 0.5) is 0 Å². The van der Waals surface area contributed by atoms with Gasteiger partial charge < -0.3 is 9.64 Å². The summed E-state index contributed by atoms with van der Waals surface area (Å²) in [4.78, 5) is 13.5. The molecule has 1 heterocycles. The molecular formula is C11H19NO2. The molecule has 3 nitrogen and oxygen atoms in total. The minimum Gasteiger partial charge on any atom is -0.372 e. The average Bonchev–Trinajstić information content (AvgIpc) is 2.00. The maximum absolute atomic E-state index is 11.7. The Bertz CT molecular complexity index is 234. The number of rotatable bonds is 1. The molecule has 0 aromatic carbocycles. The zero-order valence-electron chi connectivity index (χ0n) is 9.41. The second kappa shape index (κ2) is 4.60. The smallest absolute Gasteiger partial charge is 0.246 e. The van der Waals surface area contributed by atoms with Gasteiger partial charge in [-0.15, -0.1) is 0 Å². The number of hydrogen-bond acceptors (Lipinski definition) is 2. The maximum atomic E-state index is 11.7. The van der Waals surface area contributed by atoms with Crippen LogP contribution in [0.1, 0.15) is 27.7 Å². The number of amides is 1.